The smallest absolute Gasteiger partial charge is 0.416 e. The molecule has 1 fully saturated rings. The third-order valence-corrected chi connectivity index (χ3v) is 8.13. The summed E-state index contributed by atoms with van der Waals surface area (Å²) in [5.41, 5.74) is 2.07. The van der Waals surface area contributed by atoms with Crippen molar-refractivity contribution in [2.45, 2.75) is 32.1 Å². The molecular formula is C33H32F5N3O3. The van der Waals surface area contributed by atoms with Gasteiger partial charge in [0.2, 0.25) is 0 Å². The Labute approximate surface area is 252 Å². The molecule has 1 amide bonds. The predicted molar refractivity (Wildman–Crippen MR) is 157 cm³/mol. The van der Waals surface area contributed by atoms with Gasteiger partial charge in [0.15, 0.2) is 0 Å². The third kappa shape index (κ3) is 6.62. The Bertz CT molecular complexity index is 1620. The van der Waals surface area contributed by atoms with E-state index < -0.39 is 18.2 Å². The number of para-hydroxylation sites is 1. The molecule has 1 aliphatic rings. The van der Waals surface area contributed by atoms with E-state index in [0.717, 1.165) is 17.7 Å². The fourth-order valence-corrected chi connectivity index (χ4v) is 5.60. The van der Waals surface area contributed by atoms with Crippen molar-refractivity contribution in [2.24, 2.45) is 5.92 Å². The second kappa shape index (κ2) is 12.8. The molecule has 0 N–H and O–H groups in total. The highest BCUT2D eigenvalue weighted by Gasteiger charge is 2.37. The van der Waals surface area contributed by atoms with E-state index in [2.05, 4.69) is 4.98 Å². The maximum atomic E-state index is 14.1. The average molecular weight is 614 g/mol. The van der Waals surface area contributed by atoms with Crippen LogP contribution in [0.5, 0.6) is 11.5 Å². The van der Waals surface area contributed by atoms with E-state index in [0.29, 0.717) is 52.2 Å². The van der Waals surface area contributed by atoms with Crippen molar-refractivity contribution in [3.63, 3.8) is 0 Å². The minimum absolute atomic E-state index is 0.0124. The SMILES string of the molecule is COc1ccc(CN(C(=O)c2cnc3c(-c4ccc(C(F)(F)F)cc4)cccc3c2)C(C)C2CN(CC(F)F)C2)c(OC)c1. The Kier molecular flexibility index (Phi) is 9.05. The van der Waals surface area contributed by atoms with Gasteiger partial charge in [0.1, 0.15) is 11.5 Å². The molecule has 0 radical (unpaired) electrons. The zero-order valence-corrected chi connectivity index (χ0v) is 24.4. The fraction of sp³-hybridized carbons (Fsp3) is 0.333. The molecule has 0 spiro atoms. The van der Waals surface area contributed by atoms with Gasteiger partial charge in [-0.3, -0.25) is 14.7 Å². The van der Waals surface area contributed by atoms with Crippen molar-refractivity contribution in [3.05, 3.63) is 89.6 Å². The standard InChI is InChI=1S/C33H32F5N3O3/c1-20(25-16-40(17-25)19-30(34)35)41(18-23-9-12-27(43-2)14-29(23)44-3)32(42)24-13-22-5-4-6-28(31(22)39-15-24)21-7-10-26(11-8-21)33(36,37)38/h4-15,20,25,30H,16-19H2,1-3H3. The summed E-state index contributed by atoms with van der Waals surface area (Å²) in [6, 6.07) is 16.9. The number of hydrogen-bond donors (Lipinski definition) is 0. The number of benzene rings is 3. The van der Waals surface area contributed by atoms with E-state index in [-0.39, 0.29) is 31.0 Å². The van der Waals surface area contributed by atoms with Crippen LogP contribution in [-0.4, -0.2) is 67.0 Å². The number of pyridine rings is 1. The average Bonchev–Trinajstić information content (AvgIpc) is 2.99. The van der Waals surface area contributed by atoms with Gasteiger partial charge in [-0.15, -0.1) is 0 Å². The number of hydrogen-bond acceptors (Lipinski definition) is 5. The van der Waals surface area contributed by atoms with Gasteiger partial charge < -0.3 is 14.4 Å². The molecule has 1 saturated heterocycles. The molecular weight excluding hydrogens is 581 g/mol. The highest BCUT2D eigenvalue weighted by atomic mass is 19.4. The van der Waals surface area contributed by atoms with Crippen molar-refractivity contribution < 1.29 is 36.2 Å². The van der Waals surface area contributed by atoms with Crippen LogP contribution in [0, 0.1) is 5.92 Å². The molecule has 11 heteroatoms. The van der Waals surface area contributed by atoms with Crippen molar-refractivity contribution in [2.75, 3.05) is 33.9 Å². The van der Waals surface area contributed by atoms with Crippen LogP contribution < -0.4 is 9.47 Å². The summed E-state index contributed by atoms with van der Waals surface area (Å²) >= 11 is 0. The monoisotopic (exact) mass is 613 g/mol. The number of ether oxygens (including phenoxy) is 2. The molecule has 3 aromatic carbocycles. The van der Waals surface area contributed by atoms with Crippen LogP contribution in [0.1, 0.15) is 28.4 Å². The first-order valence-corrected chi connectivity index (χ1v) is 14.1. The van der Waals surface area contributed by atoms with Crippen LogP contribution in [0.4, 0.5) is 22.0 Å². The molecule has 6 nitrogen and oxygen atoms in total. The maximum Gasteiger partial charge on any atom is 0.416 e. The first-order chi connectivity index (χ1) is 21.0. The number of methoxy groups -OCH3 is 2. The number of nitrogens with zero attached hydrogens (tertiary/aromatic N) is 3. The van der Waals surface area contributed by atoms with Crippen molar-refractivity contribution in [3.8, 4) is 22.6 Å². The number of fused-ring (bicyclic) bond motifs is 1. The lowest BCUT2D eigenvalue weighted by Gasteiger charge is -2.46. The first kappa shape index (κ1) is 31.2. The fourth-order valence-electron chi connectivity index (χ4n) is 5.60. The van der Waals surface area contributed by atoms with Gasteiger partial charge in [-0.25, -0.2) is 8.78 Å². The van der Waals surface area contributed by atoms with E-state index in [1.54, 1.807) is 53.3 Å². The molecule has 44 heavy (non-hydrogen) atoms. The van der Waals surface area contributed by atoms with Crippen molar-refractivity contribution in [1.29, 1.82) is 0 Å². The second-order valence-corrected chi connectivity index (χ2v) is 10.9. The predicted octanol–water partition coefficient (Wildman–Crippen LogP) is 7.17. The summed E-state index contributed by atoms with van der Waals surface area (Å²) in [5.74, 6) is 0.833. The number of halogens is 5. The Morgan fingerprint density at radius 3 is 2.39 bits per heavy atom. The summed E-state index contributed by atoms with van der Waals surface area (Å²) < 4.78 is 76.0. The zero-order chi connectivity index (χ0) is 31.6. The number of carbonyl (C=O) groups is 1. The molecule has 232 valence electrons. The number of carbonyl (C=O) groups excluding carboxylic acids is 1. The maximum absolute atomic E-state index is 14.1. The van der Waals surface area contributed by atoms with Gasteiger partial charge >= 0.3 is 6.18 Å². The van der Waals surface area contributed by atoms with Gasteiger partial charge in [-0.05, 0) is 42.8 Å². The zero-order valence-electron chi connectivity index (χ0n) is 24.4. The molecule has 0 aliphatic carbocycles. The quantitative estimate of drug-likeness (QED) is 0.178. The number of amides is 1. The van der Waals surface area contributed by atoms with Crippen LogP contribution >= 0.6 is 0 Å². The molecule has 2 heterocycles. The molecule has 5 rings (SSSR count). The first-order valence-electron chi connectivity index (χ1n) is 14.1. The van der Waals surface area contributed by atoms with E-state index in [1.165, 1.54) is 25.4 Å². The van der Waals surface area contributed by atoms with Crippen LogP contribution in [-0.2, 0) is 12.7 Å². The number of aromatic nitrogens is 1. The lowest BCUT2D eigenvalue weighted by Crippen LogP contribution is -2.57. The van der Waals surface area contributed by atoms with Crippen molar-refractivity contribution in [1.82, 2.24) is 14.8 Å². The van der Waals surface area contributed by atoms with Gasteiger partial charge in [-0.2, -0.15) is 13.2 Å². The van der Waals surface area contributed by atoms with Crippen LogP contribution in [0.2, 0.25) is 0 Å². The van der Waals surface area contributed by atoms with Gasteiger partial charge in [0.05, 0.1) is 37.4 Å². The molecule has 1 unspecified atom stereocenters. The second-order valence-electron chi connectivity index (χ2n) is 10.9. The summed E-state index contributed by atoms with van der Waals surface area (Å²) in [4.78, 5) is 22.1. The minimum atomic E-state index is -4.44. The van der Waals surface area contributed by atoms with E-state index in [4.69, 9.17) is 9.47 Å². The van der Waals surface area contributed by atoms with Crippen LogP contribution in [0.15, 0.2) is 72.9 Å². The summed E-state index contributed by atoms with van der Waals surface area (Å²) in [6.07, 6.45) is -5.40. The molecule has 4 aromatic rings. The molecule has 1 aliphatic heterocycles. The number of likely N-dealkylation sites (tertiary alicyclic amines) is 1. The minimum Gasteiger partial charge on any atom is -0.497 e. The van der Waals surface area contributed by atoms with Gasteiger partial charge in [0.25, 0.3) is 12.3 Å². The number of rotatable bonds is 10. The summed E-state index contributed by atoms with van der Waals surface area (Å²) in [6.45, 7) is 2.69. The Morgan fingerprint density at radius 1 is 1.02 bits per heavy atom. The highest BCUT2D eigenvalue weighted by molar-refractivity contribution is 6.00. The van der Waals surface area contributed by atoms with E-state index >= 15 is 0 Å². The molecule has 0 saturated carbocycles. The topological polar surface area (TPSA) is 54.9 Å². The summed E-state index contributed by atoms with van der Waals surface area (Å²) in [5, 5.41) is 0.648. The summed E-state index contributed by atoms with van der Waals surface area (Å²) in [7, 11) is 3.08. The number of alkyl halides is 5. The largest absolute Gasteiger partial charge is 0.497 e. The highest BCUT2D eigenvalue weighted by Crippen LogP contribution is 2.34. The molecule has 0 bridgehead atoms. The molecule has 1 atom stereocenters. The van der Waals surface area contributed by atoms with E-state index in [9.17, 15) is 26.7 Å². The van der Waals surface area contributed by atoms with Gasteiger partial charge in [-0.1, -0.05) is 30.3 Å². The van der Waals surface area contributed by atoms with E-state index in [1.807, 2.05) is 13.0 Å². The lowest BCUT2D eigenvalue weighted by molar-refractivity contribution is -0.137. The van der Waals surface area contributed by atoms with Crippen LogP contribution in [0.3, 0.4) is 0 Å². The lowest BCUT2D eigenvalue weighted by atomic mass is 9.90. The Morgan fingerprint density at radius 2 is 1.75 bits per heavy atom. The Balaban J connectivity index is 1.46. The van der Waals surface area contributed by atoms with Crippen molar-refractivity contribution >= 4 is 16.8 Å². The molecule has 1 aromatic heterocycles. The normalized spacial score (nSPS) is 14.8. The Hall–Kier alpha value is -4.25. The van der Waals surface area contributed by atoms with Gasteiger partial charge in [0, 0.05) is 60.4 Å². The third-order valence-electron chi connectivity index (χ3n) is 8.13. The van der Waals surface area contributed by atoms with Crippen LogP contribution in [0.25, 0.3) is 22.0 Å².